The van der Waals surface area contributed by atoms with Crippen LogP contribution in [0.5, 0.6) is 0 Å². The van der Waals surface area contributed by atoms with E-state index in [4.69, 9.17) is 4.74 Å². The van der Waals surface area contributed by atoms with Crippen LogP contribution in [0.3, 0.4) is 0 Å². The second kappa shape index (κ2) is 7.14. The number of carboxylic acids is 1. The molecule has 0 saturated carbocycles. The first kappa shape index (κ1) is 17.1. The lowest BCUT2D eigenvalue weighted by Crippen LogP contribution is -2.42. The Morgan fingerprint density at radius 2 is 2.12 bits per heavy atom. The minimum absolute atomic E-state index is 0.0727. The van der Waals surface area contributed by atoms with Crippen molar-refractivity contribution in [1.29, 1.82) is 0 Å². The van der Waals surface area contributed by atoms with E-state index < -0.39 is 12.1 Å². The number of β-amino-alcohol motifs (C(OH)–C–C–N with tert-alkyl or cyclic N) is 1. The maximum Gasteiger partial charge on any atom is 0.0966 e. The third-order valence-electron chi connectivity index (χ3n) is 5.00. The van der Waals surface area contributed by atoms with E-state index in [1.807, 2.05) is 6.07 Å². The number of aromatic nitrogens is 3. The van der Waals surface area contributed by atoms with Gasteiger partial charge in [-0.05, 0) is 24.5 Å². The molecule has 0 spiro atoms. The standard InChI is InChI=1S/C18H22N4O4/c23-13(10-21-5-7-26-8-6-21)11-22-17(18(24)25)15-2-1-12-9-19-4-3-14(12)16(15)20-22/h3-4,9,13,23H,1-2,5-8,10-11H2,(H,24,25)/p-1. The average Bonchev–Trinajstić information content (AvgIpc) is 3.01. The van der Waals surface area contributed by atoms with Crippen LogP contribution in [0.4, 0.5) is 0 Å². The summed E-state index contributed by atoms with van der Waals surface area (Å²) in [5.74, 6) is -1.25. The van der Waals surface area contributed by atoms with Gasteiger partial charge in [-0.1, -0.05) is 0 Å². The van der Waals surface area contributed by atoms with Crippen molar-refractivity contribution in [3.63, 3.8) is 0 Å². The summed E-state index contributed by atoms with van der Waals surface area (Å²) >= 11 is 0. The van der Waals surface area contributed by atoms with E-state index in [1.54, 1.807) is 12.4 Å². The number of carbonyl (C=O) groups excluding carboxylic acids is 1. The number of carbonyl (C=O) groups is 1. The van der Waals surface area contributed by atoms with Gasteiger partial charge in [-0.2, -0.15) is 5.10 Å². The molecule has 0 amide bonds. The summed E-state index contributed by atoms with van der Waals surface area (Å²) in [5.41, 5.74) is 3.38. The quantitative estimate of drug-likeness (QED) is 0.740. The predicted molar refractivity (Wildman–Crippen MR) is 90.5 cm³/mol. The van der Waals surface area contributed by atoms with Crippen LogP contribution < -0.4 is 5.11 Å². The summed E-state index contributed by atoms with van der Waals surface area (Å²) in [6.07, 6.45) is 4.06. The number of aromatic carboxylic acids is 1. The van der Waals surface area contributed by atoms with Gasteiger partial charge in [-0.15, -0.1) is 0 Å². The lowest BCUT2D eigenvalue weighted by Gasteiger charge is -2.28. The van der Waals surface area contributed by atoms with Gasteiger partial charge >= 0.3 is 0 Å². The van der Waals surface area contributed by atoms with Crippen molar-refractivity contribution in [2.45, 2.75) is 25.5 Å². The van der Waals surface area contributed by atoms with Crippen LogP contribution in [0.25, 0.3) is 11.3 Å². The topological polar surface area (TPSA) is 104 Å². The first-order valence-corrected chi connectivity index (χ1v) is 8.86. The van der Waals surface area contributed by atoms with Gasteiger partial charge in [-0.3, -0.25) is 14.6 Å². The number of aliphatic hydroxyl groups is 1. The molecular formula is C18H21N4O4-. The maximum absolute atomic E-state index is 11.7. The van der Waals surface area contributed by atoms with E-state index in [9.17, 15) is 15.0 Å². The lowest BCUT2D eigenvalue weighted by atomic mass is 9.90. The molecule has 1 N–H and O–H groups in total. The van der Waals surface area contributed by atoms with Crippen LogP contribution in [0.2, 0.25) is 0 Å². The molecule has 138 valence electrons. The Bertz CT molecular complexity index is 814. The number of carboxylic acid groups (broad SMARTS) is 1. The summed E-state index contributed by atoms with van der Waals surface area (Å²) in [7, 11) is 0. The molecule has 3 heterocycles. The fourth-order valence-corrected chi connectivity index (χ4v) is 3.77. The first-order chi connectivity index (χ1) is 12.6. The van der Waals surface area contributed by atoms with Crippen LogP contribution in [-0.4, -0.2) is 69.7 Å². The molecule has 26 heavy (non-hydrogen) atoms. The monoisotopic (exact) mass is 357 g/mol. The van der Waals surface area contributed by atoms with Gasteiger partial charge in [-0.25, -0.2) is 0 Å². The molecule has 1 fully saturated rings. The van der Waals surface area contributed by atoms with Crippen molar-refractivity contribution < 1.29 is 19.7 Å². The highest BCUT2D eigenvalue weighted by Crippen LogP contribution is 2.33. The predicted octanol–water partition coefficient (Wildman–Crippen LogP) is -0.900. The van der Waals surface area contributed by atoms with Gasteiger partial charge < -0.3 is 19.7 Å². The van der Waals surface area contributed by atoms with E-state index in [0.717, 1.165) is 30.6 Å². The van der Waals surface area contributed by atoms with Crippen molar-refractivity contribution in [3.05, 3.63) is 35.3 Å². The maximum atomic E-state index is 11.7. The fourth-order valence-electron chi connectivity index (χ4n) is 3.77. The highest BCUT2D eigenvalue weighted by Gasteiger charge is 2.26. The molecule has 4 rings (SSSR count). The third-order valence-corrected chi connectivity index (χ3v) is 5.00. The SMILES string of the molecule is O=C([O-])c1c2c(nn1CC(O)CN1CCOCC1)-c1ccncc1CC2. The lowest BCUT2D eigenvalue weighted by molar-refractivity contribution is -0.256. The molecule has 1 aliphatic heterocycles. The highest BCUT2D eigenvalue weighted by atomic mass is 16.5. The molecular weight excluding hydrogens is 336 g/mol. The van der Waals surface area contributed by atoms with Gasteiger partial charge in [0.1, 0.15) is 0 Å². The van der Waals surface area contributed by atoms with E-state index >= 15 is 0 Å². The fraction of sp³-hybridized carbons (Fsp3) is 0.500. The second-order valence-corrected chi connectivity index (χ2v) is 6.74. The third kappa shape index (κ3) is 3.23. The Labute approximate surface area is 151 Å². The van der Waals surface area contributed by atoms with Crippen molar-refractivity contribution >= 4 is 5.97 Å². The first-order valence-electron chi connectivity index (χ1n) is 8.86. The Morgan fingerprint density at radius 3 is 2.88 bits per heavy atom. The van der Waals surface area contributed by atoms with Crippen LogP contribution in [0, 0.1) is 0 Å². The zero-order chi connectivity index (χ0) is 18.1. The number of pyridine rings is 1. The summed E-state index contributed by atoms with van der Waals surface area (Å²) in [5, 5.41) is 26.7. The average molecular weight is 357 g/mol. The molecule has 1 atom stereocenters. The van der Waals surface area contributed by atoms with E-state index in [0.29, 0.717) is 37.4 Å². The van der Waals surface area contributed by atoms with Crippen molar-refractivity contribution in [2.24, 2.45) is 0 Å². The number of ether oxygens (including phenoxy) is 1. The highest BCUT2D eigenvalue weighted by molar-refractivity contribution is 5.89. The van der Waals surface area contributed by atoms with Crippen molar-refractivity contribution in [3.8, 4) is 11.3 Å². The van der Waals surface area contributed by atoms with Gasteiger partial charge in [0.25, 0.3) is 0 Å². The Hall–Kier alpha value is -2.29. The number of rotatable bonds is 5. The zero-order valence-corrected chi connectivity index (χ0v) is 14.4. The Balaban J connectivity index is 1.60. The second-order valence-electron chi connectivity index (χ2n) is 6.74. The minimum atomic E-state index is -1.25. The van der Waals surface area contributed by atoms with Crippen LogP contribution >= 0.6 is 0 Å². The number of nitrogens with zero attached hydrogens (tertiary/aromatic N) is 4. The summed E-state index contributed by atoms with van der Waals surface area (Å²) in [6.45, 7) is 3.41. The molecule has 1 aliphatic carbocycles. The largest absolute Gasteiger partial charge is 0.543 e. The van der Waals surface area contributed by atoms with Crippen molar-refractivity contribution in [2.75, 3.05) is 32.8 Å². The zero-order valence-electron chi connectivity index (χ0n) is 14.4. The molecule has 1 unspecified atom stereocenters. The van der Waals surface area contributed by atoms with Crippen molar-refractivity contribution in [1.82, 2.24) is 19.7 Å². The van der Waals surface area contributed by atoms with Gasteiger partial charge in [0.2, 0.25) is 0 Å². The number of hydrogen-bond donors (Lipinski definition) is 1. The molecule has 0 aromatic carbocycles. The Morgan fingerprint density at radius 1 is 1.31 bits per heavy atom. The number of hydrogen-bond acceptors (Lipinski definition) is 7. The van der Waals surface area contributed by atoms with Gasteiger partial charge in [0, 0.05) is 43.2 Å². The molecule has 2 aromatic rings. The van der Waals surface area contributed by atoms with E-state index in [2.05, 4.69) is 15.0 Å². The van der Waals surface area contributed by atoms with E-state index in [-0.39, 0.29) is 12.2 Å². The normalized spacial score (nSPS) is 18.2. The number of morpholine rings is 1. The van der Waals surface area contributed by atoms with Gasteiger partial charge in [0.15, 0.2) is 0 Å². The smallest absolute Gasteiger partial charge is 0.0966 e. The molecule has 8 nitrogen and oxygen atoms in total. The molecule has 2 aromatic heterocycles. The molecule has 0 bridgehead atoms. The van der Waals surface area contributed by atoms with Crippen LogP contribution in [-0.2, 0) is 24.1 Å². The van der Waals surface area contributed by atoms with Crippen LogP contribution in [0.1, 0.15) is 21.6 Å². The molecule has 2 aliphatic rings. The molecule has 0 radical (unpaired) electrons. The number of aliphatic hydroxyl groups excluding tert-OH is 1. The van der Waals surface area contributed by atoms with Crippen LogP contribution in [0.15, 0.2) is 18.5 Å². The van der Waals surface area contributed by atoms with E-state index in [1.165, 1.54) is 4.68 Å². The Kier molecular flexibility index (Phi) is 4.71. The summed E-state index contributed by atoms with van der Waals surface area (Å²) in [6, 6.07) is 1.86. The molecule has 8 heteroatoms. The minimum Gasteiger partial charge on any atom is -0.543 e. The molecule has 1 saturated heterocycles. The summed E-state index contributed by atoms with van der Waals surface area (Å²) < 4.78 is 6.70. The van der Waals surface area contributed by atoms with Gasteiger partial charge in [0.05, 0.1) is 43.2 Å². The number of fused-ring (bicyclic) bond motifs is 3. The number of aryl methyl sites for hydroxylation is 1. The summed E-state index contributed by atoms with van der Waals surface area (Å²) in [4.78, 5) is 18.0.